The molecule has 1 aromatic carbocycles. The van der Waals surface area contributed by atoms with Gasteiger partial charge >= 0.3 is 0 Å². The zero-order valence-electron chi connectivity index (χ0n) is 8.96. The number of ether oxygens (including phenoxy) is 1. The van der Waals surface area contributed by atoms with Crippen molar-refractivity contribution in [2.75, 3.05) is 13.7 Å². The van der Waals surface area contributed by atoms with Crippen molar-refractivity contribution in [3.8, 4) is 5.75 Å². The van der Waals surface area contributed by atoms with Gasteiger partial charge in [-0.1, -0.05) is 15.9 Å². The summed E-state index contributed by atoms with van der Waals surface area (Å²) in [5.74, 6) is 0.316. The minimum Gasteiger partial charge on any atom is -0.508 e. The van der Waals surface area contributed by atoms with Gasteiger partial charge in [0, 0.05) is 30.2 Å². The summed E-state index contributed by atoms with van der Waals surface area (Å²) < 4.78 is 6.08. The van der Waals surface area contributed by atoms with Crippen molar-refractivity contribution >= 4 is 15.9 Å². The van der Waals surface area contributed by atoms with Crippen molar-refractivity contribution in [3.05, 3.63) is 28.2 Å². The zero-order valence-corrected chi connectivity index (χ0v) is 10.5. The number of methoxy groups -OCH3 is 1. The summed E-state index contributed by atoms with van der Waals surface area (Å²) in [6.45, 7) is 3.40. The predicted molar refractivity (Wildman–Crippen MR) is 64.0 cm³/mol. The number of aromatic hydroxyl groups is 1. The van der Waals surface area contributed by atoms with Crippen LogP contribution in [0.15, 0.2) is 22.7 Å². The van der Waals surface area contributed by atoms with Crippen LogP contribution in [-0.2, 0) is 11.3 Å². The fourth-order valence-electron chi connectivity index (χ4n) is 1.19. The number of nitrogens with one attached hydrogen (secondary N) is 1. The summed E-state index contributed by atoms with van der Waals surface area (Å²) in [6, 6.07) is 5.40. The molecule has 0 aliphatic carbocycles. The third kappa shape index (κ3) is 4.20. The van der Waals surface area contributed by atoms with Gasteiger partial charge in [-0.2, -0.15) is 0 Å². The number of phenolic OH excluding ortho intramolecular Hbond substituents is 1. The number of hydrogen-bond donors (Lipinski definition) is 2. The molecule has 1 aromatic rings. The average molecular weight is 274 g/mol. The first-order valence-corrected chi connectivity index (χ1v) is 5.63. The first kappa shape index (κ1) is 12.5. The van der Waals surface area contributed by atoms with E-state index < -0.39 is 0 Å². The fraction of sp³-hybridized carbons (Fsp3) is 0.455. The van der Waals surface area contributed by atoms with Crippen LogP contribution in [0.2, 0.25) is 0 Å². The molecule has 84 valence electrons. The molecule has 3 nitrogen and oxygen atoms in total. The Balaban J connectivity index is 2.46. The molecule has 0 aliphatic rings. The third-order valence-electron chi connectivity index (χ3n) is 2.19. The van der Waals surface area contributed by atoms with Gasteiger partial charge in [0.1, 0.15) is 5.75 Å². The van der Waals surface area contributed by atoms with Crippen LogP contribution in [0.4, 0.5) is 0 Å². The van der Waals surface area contributed by atoms with E-state index in [9.17, 15) is 5.11 Å². The average Bonchev–Trinajstić information content (AvgIpc) is 2.23. The second kappa shape index (κ2) is 6.10. The van der Waals surface area contributed by atoms with Crippen molar-refractivity contribution in [2.45, 2.75) is 19.6 Å². The highest BCUT2D eigenvalue weighted by Gasteiger charge is 2.03. The number of hydrogen-bond acceptors (Lipinski definition) is 3. The Morgan fingerprint density at radius 3 is 2.93 bits per heavy atom. The molecule has 1 unspecified atom stereocenters. The van der Waals surface area contributed by atoms with Crippen molar-refractivity contribution in [3.63, 3.8) is 0 Å². The second-order valence-electron chi connectivity index (χ2n) is 3.45. The molecular weight excluding hydrogens is 258 g/mol. The van der Waals surface area contributed by atoms with E-state index >= 15 is 0 Å². The molecule has 0 heterocycles. The number of phenols is 1. The monoisotopic (exact) mass is 273 g/mol. The molecule has 0 saturated carbocycles. The summed E-state index contributed by atoms with van der Waals surface area (Å²) >= 11 is 3.37. The smallest absolute Gasteiger partial charge is 0.120 e. The largest absolute Gasteiger partial charge is 0.508 e. The van der Waals surface area contributed by atoms with Gasteiger partial charge < -0.3 is 15.2 Å². The SMILES string of the molecule is COC(C)CNCc1cc(Br)ccc1O. The van der Waals surface area contributed by atoms with Gasteiger partial charge in [-0.3, -0.25) is 0 Å². The van der Waals surface area contributed by atoms with Crippen LogP contribution in [0.25, 0.3) is 0 Å². The van der Waals surface area contributed by atoms with E-state index in [4.69, 9.17) is 4.74 Å². The van der Waals surface area contributed by atoms with Crippen LogP contribution in [0.1, 0.15) is 12.5 Å². The predicted octanol–water partition coefficient (Wildman–Crippen LogP) is 2.28. The van der Waals surface area contributed by atoms with E-state index in [-0.39, 0.29) is 6.10 Å². The molecule has 4 heteroatoms. The molecule has 0 aliphatic heterocycles. The summed E-state index contributed by atoms with van der Waals surface area (Å²) in [5.41, 5.74) is 0.882. The van der Waals surface area contributed by atoms with E-state index in [1.165, 1.54) is 0 Å². The minimum absolute atomic E-state index is 0.180. The lowest BCUT2D eigenvalue weighted by molar-refractivity contribution is 0.117. The molecule has 0 fully saturated rings. The Labute approximate surface area is 98.6 Å². The van der Waals surface area contributed by atoms with E-state index in [1.54, 1.807) is 13.2 Å². The van der Waals surface area contributed by atoms with Crippen LogP contribution in [0, 0.1) is 0 Å². The van der Waals surface area contributed by atoms with Crippen molar-refractivity contribution in [2.24, 2.45) is 0 Å². The molecule has 2 N–H and O–H groups in total. The van der Waals surface area contributed by atoms with Gasteiger partial charge in [0.25, 0.3) is 0 Å². The topological polar surface area (TPSA) is 41.5 Å². The van der Waals surface area contributed by atoms with Crippen LogP contribution in [-0.4, -0.2) is 24.9 Å². The van der Waals surface area contributed by atoms with Gasteiger partial charge in [-0.05, 0) is 25.1 Å². The molecule has 1 rings (SSSR count). The standard InChI is InChI=1S/C11H16BrNO2/c1-8(15-2)6-13-7-9-5-10(12)3-4-11(9)14/h3-5,8,13-14H,6-7H2,1-2H3. The lowest BCUT2D eigenvalue weighted by atomic mass is 10.2. The summed E-state index contributed by atoms with van der Waals surface area (Å²) in [4.78, 5) is 0. The highest BCUT2D eigenvalue weighted by Crippen LogP contribution is 2.21. The van der Waals surface area contributed by atoms with Crippen molar-refractivity contribution in [1.29, 1.82) is 0 Å². The maximum absolute atomic E-state index is 9.57. The van der Waals surface area contributed by atoms with Gasteiger partial charge in [0.05, 0.1) is 6.10 Å². The molecule has 15 heavy (non-hydrogen) atoms. The Kier molecular flexibility index (Phi) is 5.08. The maximum Gasteiger partial charge on any atom is 0.120 e. The van der Waals surface area contributed by atoms with E-state index in [1.807, 2.05) is 19.1 Å². The van der Waals surface area contributed by atoms with Gasteiger partial charge in [0.15, 0.2) is 0 Å². The van der Waals surface area contributed by atoms with Gasteiger partial charge in [-0.15, -0.1) is 0 Å². The lowest BCUT2D eigenvalue weighted by Gasteiger charge is -2.11. The van der Waals surface area contributed by atoms with Gasteiger partial charge in [-0.25, -0.2) is 0 Å². The quantitative estimate of drug-likeness (QED) is 0.865. The van der Waals surface area contributed by atoms with E-state index in [2.05, 4.69) is 21.2 Å². The third-order valence-corrected chi connectivity index (χ3v) is 2.68. The second-order valence-corrected chi connectivity index (χ2v) is 4.37. The van der Waals surface area contributed by atoms with Crippen LogP contribution < -0.4 is 5.32 Å². The molecular formula is C11H16BrNO2. The van der Waals surface area contributed by atoms with Crippen molar-refractivity contribution < 1.29 is 9.84 Å². The molecule has 0 bridgehead atoms. The maximum atomic E-state index is 9.57. The first-order chi connectivity index (χ1) is 7.13. The highest BCUT2D eigenvalue weighted by atomic mass is 79.9. The molecule has 0 amide bonds. The number of rotatable bonds is 5. The minimum atomic E-state index is 0.180. The van der Waals surface area contributed by atoms with Crippen LogP contribution in [0.5, 0.6) is 5.75 Å². The normalized spacial score (nSPS) is 12.7. The molecule has 1 atom stereocenters. The summed E-state index contributed by atoms with van der Waals surface area (Å²) in [7, 11) is 1.68. The Morgan fingerprint density at radius 2 is 2.27 bits per heavy atom. The first-order valence-electron chi connectivity index (χ1n) is 4.84. The van der Waals surface area contributed by atoms with E-state index in [0.717, 1.165) is 16.6 Å². The van der Waals surface area contributed by atoms with Gasteiger partial charge in [0.2, 0.25) is 0 Å². The Bertz CT molecular complexity index is 317. The lowest BCUT2D eigenvalue weighted by Crippen LogP contribution is -2.25. The zero-order chi connectivity index (χ0) is 11.3. The molecule has 0 spiro atoms. The summed E-state index contributed by atoms with van der Waals surface area (Å²) in [6.07, 6.45) is 0.180. The molecule has 0 aromatic heterocycles. The number of halogens is 1. The summed E-state index contributed by atoms with van der Waals surface area (Å²) in [5, 5.41) is 12.8. The Hall–Kier alpha value is -0.580. The fourth-order valence-corrected chi connectivity index (χ4v) is 1.60. The van der Waals surface area contributed by atoms with Crippen LogP contribution in [0.3, 0.4) is 0 Å². The molecule has 0 saturated heterocycles. The van der Waals surface area contributed by atoms with Crippen LogP contribution >= 0.6 is 15.9 Å². The molecule has 0 radical (unpaired) electrons. The van der Waals surface area contributed by atoms with E-state index in [0.29, 0.717) is 12.3 Å². The highest BCUT2D eigenvalue weighted by molar-refractivity contribution is 9.10. The number of benzene rings is 1. The van der Waals surface area contributed by atoms with Crippen molar-refractivity contribution in [1.82, 2.24) is 5.32 Å². The Morgan fingerprint density at radius 1 is 1.53 bits per heavy atom.